The number of rotatable bonds is 1. The predicted octanol–water partition coefficient (Wildman–Crippen LogP) is 4.08. The molecule has 0 atom stereocenters. The largest absolute Gasteiger partial charge is 0.191 e. The Balaban J connectivity index is 4.95. The first-order chi connectivity index (χ1) is 5.00. The van der Waals surface area contributed by atoms with Gasteiger partial charge < -0.3 is 0 Å². The van der Waals surface area contributed by atoms with E-state index >= 15 is 0 Å². The monoisotopic (exact) mass is 249 g/mol. The van der Waals surface area contributed by atoms with Gasteiger partial charge in [-0.05, 0) is 0 Å². The fraction of sp³-hybridized carbons (Fsp3) is 0. The predicted molar refractivity (Wildman–Crippen MR) is 48.9 cm³/mol. The molecule has 0 N–H and O–H groups in total. The first-order valence-electron chi connectivity index (χ1n) is 2.17. The van der Waals surface area contributed by atoms with Gasteiger partial charge in [0.25, 0.3) is 0 Å². The van der Waals surface area contributed by atoms with Crippen LogP contribution in [0.5, 0.6) is 0 Å². The third kappa shape index (κ3) is 3.55. The fourth-order valence-corrected chi connectivity index (χ4v) is 0.888. The minimum Gasteiger partial charge on any atom is -0.191 e. The number of hydrogen-bond acceptors (Lipinski definition) is 1. The fourth-order valence-electron chi connectivity index (χ4n) is 0.228. The summed E-state index contributed by atoms with van der Waals surface area (Å²) in [5, 5.41) is 7.70. The molecule has 0 amide bonds. The van der Waals surface area contributed by atoms with Gasteiger partial charge in [-0.2, -0.15) is 5.26 Å². The van der Waals surface area contributed by atoms with Gasteiger partial charge in [-0.3, -0.25) is 0 Å². The molecule has 0 aliphatic heterocycles. The van der Waals surface area contributed by atoms with Crippen molar-refractivity contribution in [2.24, 2.45) is 0 Å². The highest BCUT2D eigenvalue weighted by Crippen LogP contribution is 2.30. The molecule has 0 rings (SSSR count). The summed E-state index contributed by atoms with van der Waals surface area (Å²) in [6.07, 6.45) is 0. The molecule has 60 valence electrons. The van der Waals surface area contributed by atoms with Crippen molar-refractivity contribution in [3.05, 3.63) is 19.6 Å². The van der Waals surface area contributed by atoms with Crippen LogP contribution in [0.15, 0.2) is 19.6 Å². The smallest absolute Gasteiger partial charge is 0.138 e. The molecule has 0 aromatic heterocycles. The van der Waals surface area contributed by atoms with Crippen LogP contribution in [0, 0.1) is 11.3 Å². The summed E-state index contributed by atoms with van der Waals surface area (Å²) in [5.74, 6) is 0. The minimum atomic E-state index is -0.254. The molecule has 0 fully saturated rings. The van der Waals surface area contributed by atoms with Crippen molar-refractivity contribution in [3.8, 4) is 6.07 Å². The summed E-state index contributed by atoms with van der Waals surface area (Å²) in [5.41, 5.74) is 0. The zero-order valence-corrected chi connectivity index (χ0v) is 8.62. The Morgan fingerprint density at radius 2 is 1.36 bits per heavy atom. The van der Waals surface area contributed by atoms with Crippen molar-refractivity contribution in [2.75, 3.05) is 0 Å². The van der Waals surface area contributed by atoms with Crippen LogP contribution in [0.3, 0.4) is 0 Å². The highest BCUT2D eigenvalue weighted by molar-refractivity contribution is 6.62. The molecule has 0 saturated heterocycles. The number of hydrogen-bond donors (Lipinski definition) is 0. The van der Waals surface area contributed by atoms with E-state index in [4.69, 9.17) is 63.3 Å². The van der Waals surface area contributed by atoms with Crippen LogP contribution in [-0.2, 0) is 0 Å². The van der Waals surface area contributed by atoms with E-state index in [1.54, 1.807) is 6.07 Å². The second kappa shape index (κ2) is 5.13. The van der Waals surface area contributed by atoms with Gasteiger partial charge in [0.2, 0.25) is 0 Å². The molecule has 0 saturated carbocycles. The van der Waals surface area contributed by atoms with E-state index in [0.29, 0.717) is 0 Å². The van der Waals surface area contributed by atoms with Crippen LogP contribution in [0.2, 0.25) is 0 Å². The average Bonchev–Trinajstić information content (AvgIpc) is 2.00. The molecule has 0 heterocycles. The molecule has 0 aromatic rings. The van der Waals surface area contributed by atoms with Crippen molar-refractivity contribution in [1.29, 1.82) is 5.26 Å². The maximum absolute atomic E-state index is 8.24. The summed E-state index contributed by atoms with van der Waals surface area (Å²) < 4.78 is -0.231. The van der Waals surface area contributed by atoms with Gasteiger partial charge in [0.15, 0.2) is 0 Å². The van der Waals surface area contributed by atoms with Crippen LogP contribution in [0.1, 0.15) is 0 Å². The quantitative estimate of drug-likeness (QED) is 0.509. The van der Waals surface area contributed by atoms with Crippen molar-refractivity contribution in [2.45, 2.75) is 0 Å². The Bertz CT molecular complexity index is 255. The normalized spacial score (nSPS) is 11.6. The number of allylic oxidation sites excluding steroid dienone is 3. The van der Waals surface area contributed by atoms with Crippen molar-refractivity contribution >= 4 is 58.0 Å². The molecule has 0 spiro atoms. The van der Waals surface area contributed by atoms with E-state index in [-0.39, 0.29) is 19.6 Å². The molecule has 0 aliphatic rings. The molecular formula is C5Cl5N. The van der Waals surface area contributed by atoms with Crippen LogP contribution >= 0.6 is 58.0 Å². The Labute approximate surface area is 88.7 Å². The maximum atomic E-state index is 8.24. The van der Waals surface area contributed by atoms with Crippen LogP contribution < -0.4 is 0 Å². The number of halogens is 5. The first-order valence-corrected chi connectivity index (χ1v) is 4.06. The molecule has 0 bridgehead atoms. The van der Waals surface area contributed by atoms with Crippen molar-refractivity contribution < 1.29 is 0 Å². The van der Waals surface area contributed by atoms with Gasteiger partial charge in [-0.15, -0.1) is 0 Å². The zero-order chi connectivity index (χ0) is 9.02. The summed E-state index contributed by atoms with van der Waals surface area (Å²) in [6.45, 7) is 0. The van der Waals surface area contributed by atoms with Gasteiger partial charge in [-0.1, -0.05) is 58.0 Å². The van der Waals surface area contributed by atoms with Crippen LogP contribution in [0.25, 0.3) is 0 Å². The summed E-state index contributed by atoms with van der Waals surface area (Å²) >= 11 is 26.7. The number of nitriles is 1. The van der Waals surface area contributed by atoms with Gasteiger partial charge in [0, 0.05) is 0 Å². The minimum absolute atomic E-state index is 0.137. The van der Waals surface area contributed by atoms with Gasteiger partial charge >= 0.3 is 0 Å². The molecule has 11 heavy (non-hydrogen) atoms. The van der Waals surface area contributed by atoms with Crippen molar-refractivity contribution in [1.82, 2.24) is 0 Å². The second-order valence-electron chi connectivity index (χ2n) is 1.31. The number of nitrogens with zero attached hydrogens (tertiary/aromatic N) is 1. The van der Waals surface area contributed by atoms with E-state index < -0.39 is 0 Å². The molecule has 0 radical (unpaired) electrons. The Kier molecular flexibility index (Phi) is 5.33. The lowest BCUT2D eigenvalue weighted by Gasteiger charge is -1.94. The summed E-state index contributed by atoms with van der Waals surface area (Å²) in [4.78, 5) is 0. The summed E-state index contributed by atoms with van der Waals surface area (Å²) in [6, 6.07) is 1.58. The Morgan fingerprint density at radius 1 is 0.909 bits per heavy atom. The summed E-state index contributed by atoms with van der Waals surface area (Å²) in [7, 11) is 0. The zero-order valence-electron chi connectivity index (χ0n) is 4.84. The lowest BCUT2D eigenvalue weighted by molar-refractivity contribution is 1.52. The molecule has 0 unspecified atom stereocenters. The molecular weight excluding hydrogens is 251 g/mol. The van der Waals surface area contributed by atoms with Gasteiger partial charge in [0.1, 0.15) is 15.6 Å². The SMILES string of the molecule is N#C/C(Cl)=C(\Cl)C(Cl)=C(Cl)Cl. The van der Waals surface area contributed by atoms with E-state index in [1.807, 2.05) is 0 Å². The second-order valence-corrected chi connectivity index (χ2v) is 3.40. The van der Waals surface area contributed by atoms with E-state index in [2.05, 4.69) is 0 Å². The third-order valence-corrected chi connectivity index (χ3v) is 2.44. The molecule has 0 aliphatic carbocycles. The lowest BCUT2D eigenvalue weighted by Crippen LogP contribution is -1.76. The van der Waals surface area contributed by atoms with E-state index in [0.717, 1.165) is 0 Å². The third-order valence-electron chi connectivity index (χ3n) is 0.649. The highest BCUT2D eigenvalue weighted by atomic mass is 35.5. The molecule has 1 nitrogen and oxygen atoms in total. The maximum Gasteiger partial charge on any atom is 0.138 e. The van der Waals surface area contributed by atoms with Crippen LogP contribution in [-0.4, -0.2) is 0 Å². The first kappa shape index (κ1) is 11.4. The highest BCUT2D eigenvalue weighted by Gasteiger charge is 2.08. The van der Waals surface area contributed by atoms with Crippen molar-refractivity contribution in [3.63, 3.8) is 0 Å². The van der Waals surface area contributed by atoms with Gasteiger partial charge in [0.05, 0.1) is 10.1 Å². The average molecular weight is 251 g/mol. The Morgan fingerprint density at radius 3 is 1.64 bits per heavy atom. The topological polar surface area (TPSA) is 23.8 Å². The standard InChI is InChI=1S/C5Cl5N/c6-2(1-11)3(7)4(8)5(9)10/b3-2+. The lowest BCUT2D eigenvalue weighted by atomic mass is 10.5. The molecule has 0 aromatic carbocycles. The van der Waals surface area contributed by atoms with Gasteiger partial charge in [-0.25, -0.2) is 0 Å². The van der Waals surface area contributed by atoms with E-state index in [1.165, 1.54) is 0 Å². The van der Waals surface area contributed by atoms with E-state index in [9.17, 15) is 0 Å². The Hall–Kier alpha value is 0.420. The van der Waals surface area contributed by atoms with Crippen LogP contribution in [0.4, 0.5) is 0 Å². The molecule has 6 heteroatoms.